The van der Waals surface area contributed by atoms with Crippen LogP contribution in [-0.2, 0) is 14.3 Å². The first kappa shape index (κ1) is 16.5. The van der Waals surface area contributed by atoms with Crippen LogP contribution in [0.4, 0.5) is 9.59 Å². The van der Waals surface area contributed by atoms with Gasteiger partial charge in [-0.3, -0.25) is 4.79 Å². The highest BCUT2D eigenvalue weighted by Gasteiger charge is 2.45. The normalized spacial score (nSPS) is 19.2. The van der Waals surface area contributed by atoms with Crippen molar-refractivity contribution >= 4 is 24.0 Å². The molecule has 0 fully saturated rings. The van der Waals surface area contributed by atoms with E-state index < -0.39 is 30.0 Å². The molecule has 2 heterocycles. The molecule has 130 valence electrons. The Labute approximate surface area is 142 Å². The molecule has 4 amide bonds. The number of rotatable bonds is 4. The van der Waals surface area contributed by atoms with Crippen LogP contribution in [-0.4, -0.2) is 47.2 Å². The smallest absolute Gasteiger partial charge is 0.338 e. The van der Waals surface area contributed by atoms with Crippen LogP contribution in [0.5, 0.6) is 0 Å². The average Bonchev–Trinajstić information content (AvgIpc) is 2.94. The van der Waals surface area contributed by atoms with Crippen LogP contribution in [0.25, 0.3) is 0 Å². The summed E-state index contributed by atoms with van der Waals surface area (Å²) in [4.78, 5) is 48.4. The predicted octanol–water partition coefficient (Wildman–Crippen LogP) is 0.748. The second-order valence-electron chi connectivity index (χ2n) is 5.46. The number of aliphatic carboxylic acids is 1. The van der Waals surface area contributed by atoms with Crippen molar-refractivity contribution in [1.82, 2.24) is 15.5 Å². The summed E-state index contributed by atoms with van der Waals surface area (Å²) in [5.41, 5.74) is 1.09. The number of carbonyl (C=O) groups is 4. The van der Waals surface area contributed by atoms with Gasteiger partial charge in [0.2, 0.25) is 0 Å². The van der Waals surface area contributed by atoms with E-state index in [2.05, 4.69) is 10.6 Å². The van der Waals surface area contributed by atoms with Crippen LogP contribution in [0.15, 0.2) is 41.6 Å². The second kappa shape index (κ2) is 6.63. The second-order valence-corrected chi connectivity index (χ2v) is 5.46. The van der Waals surface area contributed by atoms with Crippen LogP contribution in [0.2, 0.25) is 0 Å². The van der Waals surface area contributed by atoms with Gasteiger partial charge < -0.3 is 20.5 Å². The molecule has 1 aromatic rings. The molecule has 0 aliphatic carbocycles. The van der Waals surface area contributed by atoms with Crippen LogP contribution in [0.1, 0.15) is 18.0 Å². The first-order chi connectivity index (χ1) is 12.0. The molecule has 9 nitrogen and oxygen atoms in total. The van der Waals surface area contributed by atoms with Gasteiger partial charge in [0.25, 0.3) is 0 Å². The fourth-order valence-electron chi connectivity index (χ4n) is 2.75. The van der Waals surface area contributed by atoms with E-state index in [0.29, 0.717) is 11.3 Å². The maximum absolute atomic E-state index is 12.5. The molecule has 0 saturated carbocycles. The van der Waals surface area contributed by atoms with E-state index in [4.69, 9.17) is 9.84 Å². The highest BCUT2D eigenvalue weighted by atomic mass is 16.5. The zero-order valence-corrected chi connectivity index (χ0v) is 13.0. The van der Waals surface area contributed by atoms with Gasteiger partial charge in [0.1, 0.15) is 12.6 Å². The number of imide groups is 1. The number of nitrogens with one attached hydrogen (secondary N) is 2. The number of cyclic esters (lactones) is 1. The summed E-state index contributed by atoms with van der Waals surface area (Å²) in [6.07, 6.45) is -0.285. The van der Waals surface area contributed by atoms with Crippen LogP contribution >= 0.6 is 0 Å². The minimum atomic E-state index is -1.08. The van der Waals surface area contributed by atoms with E-state index in [-0.39, 0.29) is 25.1 Å². The molecule has 2 aliphatic heterocycles. The summed E-state index contributed by atoms with van der Waals surface area (Å²) in [6.45, 7) is -0.201. The number of carbonyl (C=O) groups excluding carboxylic acids is 3. The Morgan fingerprint density at radius 1 is 1.28 bits per heavy atom. The lowest BCUT2D eigenvalue weighted by Crippen LogP contribution is -2.54. The molecule has 3 rings (SSSR count). The monoisotopic (exact) mass is 345 g/mol. The molecule has 9 heteroatoms. The van der Waals surface area contributed by atoms with Crippen molar-refractivity contribution < 1.29 is 29.0 Å². The third kappa shape index (κ3) is 3.16. The topological polar surface area (TPSA) is 125 Å². The quantitative estimate of drug-likeness (QED) is 0.692. The Kier molecular flexibility index (Phi) is 4.38. The number of carboxylic acid groups (broad SMARTS) is 1. The Balaban J connectivity index is 1.94. The van der Waals surface area contributed by atoms with E-state index in [1.165, 1.54) is 0 Å². The first-order valence-electron chi connectivity index (χ1n) is 7.54. The van der Waals surface area contributed by atoms with Gasteiger partial charge in [0.05, 0.1) is 17.7 Å². The minimum absolute atomic E-state index is 0.0578. The molecule has 2 aliphatic rings. The van der Waals surface area contributed by atoms with Gasteiger partial charge in [-0.2, -0.15) is 0 Å². The highest BCUT2D eigenvalue weighted by Crippen LogP contribution is 2.36. The number of urea groups is 2. The maximum Gasteiger partial charge on any atom is 0.338 e. The van der Waals surface area contributed by atoms with Gasteiger partial charge in [0.15, 0.2) is 0 Å². The number of esters is 1. The maximum atomic E-state index is 12.5. The molecular weight excluding hydrogens is 330 g/mol. The third-order valence-electron chi connectivity index (χ3n) is 3.85. The van der Waals surface area contributed by atoms with Gasteiger partial charge in [-0.05, 0) is 5.56 Å². The Morgan fingerprint density at radius 2 is 2.00 bits per heavy atom. The standard InChI is InChI=1S/C16H15N3O6/c20-11(21)6-7-17-15(23)19-13(9-4-2-1-3-5-9)12-10(18-16(19)24)8-25-14(12)22/h1-5,13H,6-8H2,(H,17,23)(H,18,24)(H,20,21). The van der Waals surface area contributed by atoms with Crippen LogP contribution < -0.4 is 10.6 Å². The molecule has 25 heavy (non-hydrogen) atoms. The van der Waals surface area contributed by atoms with Crippen molar-refractivity contribution in [3.05, 3.63) is 47.2 Å². The molecule has 1 atom stereocenters. The fraction of sp³-hybridized carbons (Fsp3) is 0.250. The SMILES string of the molecule is O=C(O)CCNC(=O)N1C(=O)NC2=C(C(=O)OC2)C1c1ccccc1. The van der Waals surface area contributed by atoms with E-state index >= 15 is 0 Å². The highest BCUT2D eigenvalue weighted by molar-refractivity contribution is 6.03. The Hall–Kier alpha value is -3.36. The van der Waals surface area contributed by atoms with Gasteiger partial charge in [-0.15, -0.1) is 0 Å². The molecule has 1 aromatic carbocycles. The van der Waals surface area contributed by atoms with Crippen molar-refractivity contribution in [2.24, 2.45) is 0 Å². The van der Waals surface area contributed by atoms with E-state index in [1.54, 1.807) is 30.3 Å². The molecule has 0 saturated heterocycles. The zero-order chi connectivity index (χ0) is 18.0. The third-order valence-corrected chi connectivity index (χ3v) is 3.85. The Morgan fingerprint density at radius 3 is 2.68 bits per heavy atom. The van der Waals surface area contributed by atoms with Crippen LogP contribution in [0, 0.1) is 0 Å². The molecule has 1 unspecified atom stereocenters. The number of amides is 4. The molecule has 0 spiro atoms. The summed E-state index contributed by atoms with van der Waals surface area (Å²) in [5, 5.41) is 13.5. The number of carboxylic acids is 1. The van der Waals surface area contributed by atoms with Crippen molar-refractivity contribution in [2.75, 3.05) is 13.2 Å². The van der Waals surface area contributed by atoms with Gasteiger partial charge in [-0.25, -0.2) is 19.3 Å². The molecule has 0 radical (unpaired) electrons. The van der Waals surface area contributed by atoms with E-state index in [0.717, 1.165) is 4.90 Å². The lowest BCUT2D eigenvalue weighted by atomic mass is 9.95. The van der Waals surface area contributed by atoms with Gasteiger partial charge >= 0.3 is 24.0 Å². The number of nitrogens with zero attached hydrogens (tertiary/aromatic N) is 1. The first-order valence-corrected chi connectivity index (χ1v) is 7.54. The molecule has 0 bridgehead atoms. The largest absolute Gasteiger partial charge is 0.481 e. The zero-order valence-electron chi connectivity index (χ0n) is 13.0. The lowest BCUT2D eigenvalue weighted by molar-refractivity contribution is -0.137. The lowest BCUT2D eigenvalue weighted by Gasteiger charge is -2.34. The summed E-state index contributed by atoms with van der Waals surface area (Å²) in [5.74, 6) is -1.68. The van der Waals surface area contributed by atoms with Crippen molar-refractivity contribution in [2.45, 2.75) is 12.5 Å². The summed E-state index contributed by atoms with van der Waals surface area (Å²) in [6, 6.07) is 6.16. The van der Waals surface area contributed by atoms with Crippen LogP contribution in [0.3, 0.4) is 0 Å². The fourth-order valence-corrected chi connectivity index (χ4v) is 2.75. The summed E-state index contributed by atoms with van der Waals surface area (Å²) in [7, 11) is 0. The van der Waals surface area contributed by atoms with Crippen molar-refractivity contribution in [1.29, 1.82) is 0 Å². The molecule has 0 aromatic heterocycles. The van der Waals surface area contributed by atoms with Gasteiger partial charge in [-0.1, -0.05) is 30.3 Å². The summed E-state index contributed by atoms with van der Waals surface area (Å²) >= 11 is 0. The molecular formula is C16H15N3O6. The molecule has 3 N–H and O–H groups in total. The average molecular weight is 345 g/mol. The predicted molar refractivity (Wildman–Crippen MR) is 83.2 cm³/mol. The number of hydrogen-bond acceptors (Lipinski definition) is 5. The number of ether oxygens (including phenoxy) is 1. The van der Waals surface area contributed by atoms with Gasteiger partial charge in [0, 0.05) is 6.54 Å². The van der Waals surface area contributed by atoms with E-state index in [9.17, 15) is 19.2 Å². The van der Waals surface area contributed by atoms with Crippen molar-refractivity contribution in [3.63, 3.8) is 0 Å². The van der Waals surface area contributed by atoms with E-state index in [1.807, 2.05) is 0 Å². The number of benzene rings is 1. The minimum Gasteiger partial charge on any atom is -0.481 e. The van der Waals surface area contributed by atoms with Crippen molar-refractivity contribution in [3.8, 4) is 0 Å². The number of hydrogen-bond donors (Lipinski definition) is 3. The Bertz CT molecular complexity index is 773. The summed E-state index contributed by atoms with van der Waals surface area (Å²) < 4.78 is 4.98.